The SMILES string of the molecule is COc1nnc(-c2c(C)cccc2C)cc1[C@H](CC(=O)O)NC(=O)[C@H](CC(C)C)n1ccc(C)cc1=O. The summed E-state index contributed by atoms with van der Waals surface area (Å²) in [4.78, 5) is 38.2. The Hall–Kier alpha value is -4.01. The molecule has 2 heterocycles. The van der Waals surface area contributed by atoms with E-state index in [9.17, 15) is 19.5 Å². The minimum absolute atomic E-state index is 0.106. The molecule has 9 heteroatoms. The van der Waals surface area contributed by atoms with Crippen LogP contribution in [-0.4, -0.2) is 38.9 Å². The molecule has 0 unspecified atom stereocenters. The summed E-state index contributed by atoms with van der Waals surface area (Å²) in [5, 5.41) is 21.1. The molecular weight excluding hydrogens is 472 g/mol. The molecule has 0 radical (unpaired) electrons. The number of aliphatic carboxylic acids is 1. The first kappa shape index (κ1) is 27.6. The van der Waals surface area contributed by atoms with Crippen LogP contribution in [0.25, 0.3) is 11.3 Å². The van der Waals surface area contributed by atoms with E-state index < -0.39 is 30.4 Å². The highest BCUT2D eigenvalue weighted by molar-refractivity contribution is 5.82. The summed E-state index contributed by atoms with van der Waals surface area (Å²) in [6, 6.07) is 9.04. The zero-order valence-corrected chi connectivity index (χ0v) is 22.1. The molecule has 37 heavy (non-hydrogen) atoms. The fraction of sp³-hybridized carbons (Fsp3) is 0.393. The van der Waals surface area contributed by atoms with Gasteiger partial charge in [-0.3, -0.25) is 14.4 Å². The summed E-state index contributed by atoms with van der Waals surface area (Å²) in [6.45, 7) is 9.64. The normalized spacial score (nSPS) is 12.7. The predicted octanol–water partition coefficient (Wildman–Crippen LogP) is 4.16. The second kappa shape index (κ2) is 11.8. The van der Waals surface area contributed by atoms with Crippen LogP contribution < -0.4 is 15.6 Å². The molecule has 3 rings (SSSR count). The van der Waals surface area contributed by atoms with E-state index in [1.54, 1.807) is 18.3 Å². The number of rotatable bonds is 10. The molecule has 2 aromatic heterocycles. The number of carbonyl (C=O) groups excluding carboxylic acids is 1. The Bertz CT molecular complexity index is 1330. The van der Waals surface area contributed by atoms with Gasteiger partial charge in [-0.2, -0.15) is 0 Å². The minimum Gasteiger partial charge on any atom is -0.481 e. The summed E-state index contributed by atoms with van der Waals surface area (Å²) in [5.74, 6) is -1.34. The van der Waals surface area contributed by atoms with Crippen molar-refractivity contribution in [2.45, 2.75) is 59.5 Å². The Labute approximate surface area is 216 Å². The summed E-state index contributed by atoms with van der Waals surface area (Å²) < 4.78 is 6.80. The zero-order chi connectivity index (χ0) is 27.3. The number of carbonyl (C=O) groups is 2. The average molecular weight is 507 g/mol. The van der Waals surface area contributed by atoms with Gasteiger partial charge in [0.2, 0.25) is 11.8 Å². The number of hydrogen-bond acceptors (Lipinski definition) is 6. The monoisotopic (exact) mass is 506 g/mol. The highest BCUT2D eigenvalue weighted by Gasteiger charge is 2.29. The Kier molecular flexibility index (Phi) is 8.81. The number of carboxylic acids is 1. The molecule has 0 bridgehead atoms. The Morgan fingerprint density at radius 2 is 1.76 bits per heavy atom. The fourth-order valence-electron chi connectivity index (χ4n) is 4.46. The standard InChI is InChI=1S/C28H34N4O5/c1-16(2)12-23(32-11-10-17(3)13-24(32)33)27(36)29-21(15-25(34)35)20-14-22(30-31-28(20)37-6)26-18(4)8-7-9-19(26)5/h7-11,13-14,16,21,23H,12,15H2,1-6H3,(H,29,36)(H,34,35)/t21-,23-/m0/s1. The molecule has 196 valence electrons. The first-order valence-electron chi connectivity index (χ1n) is 12.2. The highest BCUT2D eigenvalue weighted by atomic mass is 16.5. The smallest absolute Gasteiger partial charge is 0.305 e. The van der Waals surface area contributed by atoms with Gasteiger partial charge in [0.05, 0.1) is 25.3 Å². The van der Waals surface area contributed by atoms with E-state index in [1.165, 1.54) is 17.7 Å². The van der Waals surface area contributed by atoms with E-state index in [2.05, 4.69) is 15.5 Å². The van der Waals surface area contributed by atoms with Crippen molar-refractivity contribution in [2.75, 3.05) is 7.11 Å². The second-order valence-electron chi connectivity index (χ2n) is 9.71. The number of nitrogens with zero attached hydrogens (tertiary/aromatic N) is 3. The third-order valence-corrected chi connectivity index (χ3v) is 6.23. The van der Waals surface area contributed by atoms with Gasteiger partial charge in [-0.05, 0) is 61.9 Å². The second-order valence-corrected chi connectivity index (χ2v) is 9.71. The summed E-state index contributed by atoms with van der Waals surface area (Å²) in [5.41, 5.74) is 4.29. The number of ether oxygens (including phenoxy) is 1. The Balaban J connectivity index is 2.07. The largest absolute Gasteiger partial charge is 0.481 e. The zero-order valence-electron chi connectivity index (χ0n) is 22.1. The van der Waals surface area contributed by atoms with Crippen molar-refractivity contribution in [1.82, 2.24) is 20.1 Å². The minimum atomic E-state index is -1.11. The van der Waals surface area contributed by atoms with Crippen LogP contribution in [0.4, 0.5) is 0 Å². The van der Waals surface area contributed by atoms with Gasteiger partial charge in [-0.25, -0.2) is 0 Å². The number of methoxy groups -OCH3 is 1. The lowest BCUT2D eigenvalue weighted by atomic mass is 9.96. The van der Waals surface area contributed by atoms with Gasteiger partial charge >= 0.3 is 5.97 Å². The molecule has 0 saturated heterocycles. The van der Waals surface area contributed by atoms with Gasteiger partial charge in [0.1, 0.15) is 6.04 Å². The van der Waals surface area contributed by atoms with Crippen molar-refractivity contribution in [3.63, 3.8) is 0 Å². The molecule has 0 fully saturated rings. The summed E-state index contributed by atoms with van der Waals surface area (Å²) in [7, 11) is 1.42. The van der Waals surface area contributed by atoms with Crippen molar-refractivity contribution in [3.05, 3.63) is 75.2 Å². The molecule has 0 aliphatic heterocycles. The highest BCUT2D eigenvalue weighted by Crippen LogP contribution is 2.32. The van der Waals surface area contributed by atoms with Crippen LogP contribution in [0.5, 0.6) is 5.88 Å². The Morgan fingerprint density at radius 1 is 1.08 bits per heavy atom. The molecule has 1 aromatic carbocycles. The quantitative estimate of drug-likeness (QED) is 0.423. The van der Waals surface area contributed by atoms with Crippen LogP contribution >= 0.6 is 0 Å². The lowest BCUT2D eigenvalue weighted by Crippen LogP contribution is -2.40. The van der Waals surface area contributed by atoms with Crippen molar-refractivity contribution >= 4 is 11.9 Å². The maximum absolute atomic E-state index is 13.6. The van der Waals surface area contributed by atoms with E-state index in [4.69, 9.17) is 4.74 Å². The average Bonchev–Trinajstić information content (AvgIpc) is 2.82. The molecule has 0 aliphatic carbocycles. The summed E-state index contributed by atoms with van der Waals surface area (Å²) in [6.07, 6.45) is 1.59. The molecule has 2 atom stereocenters. The number of benzene rings is 1. The molecule has 0 spiro atoms. The third-order valence-electron chi connectivity index (χ3n) is 6.23. The van der Waals surface area contributed by atoms with Gasteiger partial charge in [0.25, 0.3) is 5.56 Å². The van der Waals surface area contributed by atoms with Gasteiger partial charge in [-0.1, -0.05) is 32.0 Å². The number of carboxylic acid groups (broad SMARTS) is 1. The van der Waals surface area contributed by atoms with Gasteiger partial charge in [-0.15, -0.1) is 10.2 Å². The number of aromatic nitrogens is 3. The maximum atomic E-state index is 13.6. The van der Waals surface area contributed by atoms with Crippen LogP contribution in [0, 0.1) is 26.7 Å². The number of pyridine rings is 1. The van der Waals surface area contributed by atoms with E-state index in [0.29, 0.717) is 17.7 Å². The number of aryl methyl sites for hydroxylation is 3. The van der Waals surface area contributed by atoms with Crippen LogP contribution in [0.2, 0.25) is 0 Å². The van der Waals surface area contributed by atoms with Crippen LogP contribution in [0.15, 0.2) is 47.4 Å². The van der Waals surface area contributed by atoms with E-state index in [1.807, 2.05) is 52.8 Å². The maximum Gasteiger partial charge on any atom is 0.305 e. The van der Waals surface area contributed by atoms with Gasteiger partial charge < -0.3 is 19.7 Å². The predicted molar refractivity (Wildman–Crippen MR) is 141 cm³/mol. The third kappa shape index (κ3) is 6.61. The first-order chi connectivity index (χ1) is 17.5. The molecule has 9 nitrogen and oxygen atoms in total. The van der Waals surface area contributed by atoms with Crippen LogP contribution in [0.3, 0.4) is 0 Å². The molecular formula is C28H34N4O5. The van der Waals surface area contributed by atoms with E-state index in [-0.39, 0.29) is 17.4 Å². The molecule has 2 N–H and O–H groups in total. The topological polar surface area (TPSA) is 123 Å². The van der Waals surface area contributed by atoms with Crippen molar-refractivity contribution in [2.24, 2.45) is 5.92 Å². The fourth-order valence-corrected chi connectivity index (χ4v) is 4.46. The summed E-state index contributed by atoms with van der Waals surface area (Å²) >= 11 is 0. The molecule has 0 saturated carbocycles. The number of nitrogens with one attached hydrogen (secondary N) is 1. The van der Waals surface area contributed by atoms with Crippen LogP contribution in [-0.2, 0) is 9.59 Å². The van der Waals surface area contributed by atoms with Crippen molar-refractivity contribution in [1.29, 1.82) is 0 Å². The molecule has 1 amide bonds. The van der Waals surface area contributed by atoms with E-state index in [0.717, 1.165) is 22.3 Å². The lowest BCUT2D eigenvalue weighted by molar-refractivity contribution is -0.138. The van der Waals surface area contributed by atoms with Gasteiger partial charge in [0.15, 0.2) is 0 Å². The number of hydrogen-bond donors (Lipinski definition) is 2. The molecule has 3 aromatic rings. The van der Waals surface area contributed by atoms with Crippen molar-refractivity contribution < 1.29 is 19.4 Å². The van der Waals surface area contributed by atoms with E-state index >= 15 is 0 Å². The lowest BCUT2D eigenvalue weighted by Gasteiger charge is -2.25. The Morgan fingerprint density at radius 3 is 2.32 bits per heavy atom. The number of amides is 1. The molecule has 0 aliphatic rings. The van der Waals surface area contributed by atoms with Crippen LogP contribution in [0.1, 0.15) is 61.0 Å². The first-order valence-corrected chi connectivity index (χ1v) is 12.2. The van der Waals surface area contributed by atoms with Crippen molar-refractivity contribution in [3.8, 4) is 17.1 Å². The van der Waals surface area contributed by atoms with Gasteiger partial charge in [0, 0.05) is 23.4 Å².